The van der Waals surface area contributed by atoms with Crippen LogP contribution in [0.15, 0.2) is 62.5 Å². The largest absolute Gasteiger partial charge is 0.489 e. The third kappa shape index (κ3) is 5.19. The van der Waals surface area contributed by atoms with Gasteiger partial charge in [-0.3, -0.25) is 0 Å². The first-order valence-electron chi connectivity index (χ1n) is 12.0. The van der Waals surface area contributed by atoms with Gasteiger partial charge in [0, 0.05) is 18.7 Å². The molecule has 1 fully saturated rings. The molecule has 2 aromatic heterocycles. The predicted octanol–water partition coefficient (Wildman–Crippen LogP) is 4.69. The summed E-state index contributed by atoms with van der Waals surface area (Å²) in [5.74, 6) is 2.31. The van der Waals surface area contributed by atoms with Crippen LogP contribution in [-0.2, 0) is 23.1 Å². The van der Waals surface area contributed by atoms with Crippen molar-refractivity contribution in [3.05, 3.63) is 77.0 Å². The van der Waals surface area contributed by atoms with E-state index >= 15 is 0 Å². The maximum Gasteiger partial charge on any atom is 0.243 e. The summed E-state index contributed by atoms with van der Waals surface area (Å²) in [5.41, 5.74) is 3.39. The molecule has 4 aromatic rings. The zero-order chi connectivity index (χ0) is 25.1. The molecule has 0 spiro atoms. The summed E-state index contributed by atoms with van der Waals surface area (Å²) < 4.78 is 43.8. The van der Waals surface area contributed by atoms with Gasteiger partial charge in [0.2, 0.25) is 21.7 Å². The van der Waals surface area contributed by atoms with Crippen molar-refractivity contribution in [2.75, 3.05) is 13.1 Å². The molecule has 0 saturated carbocycles. The molecule has 0 unspecified atom stereocenters. The summed E-state index contributed by atoms with van der Waals surface area (Å²) in [7, 11) is -3.45. The molecule has 0 bridgehead atoms. The fraction of sp³-hybridized carbons (Fsp3) is 0.346. The molecule has 3 heterocycles. The van der Waals surface area contributed by atoms with Gasteiger partial charge in [0.25, 0.3) is 0 Å². The van der Waals surface area contributed by atoms with Gasteiger partial charge >= 0.3 is 0 Å². The van der Waals surface area contributed by atoms with Gasteiger partial charge in [-0.2, -0.15) is 9.29 Å². The van der Waals surface area contributed by atoms with Crippen molar-refractivity contribution in [1.29, 1.82) is 0 Å². The quantitative estimate of drug-likeness (QED) is 0.337. The SMILES string of the molecule is Cc1noc(C)c1COc1cccc(-c2noc(Cc3ccc(S(=O)(=O)N4CCCCC4)cc3)n2)c1. The van der Waals surface area contributed by atoms with Crippen LogP contribution in [-0.4, -0.2) is 41.1 Å². The molecule has 0 radical (unpaired) electrons. The van der Waals surface area contributed by atoms with Gasteiger partial charge in [-0.05, 0) is 56.5 Å². The fourth-order valence-electron chi connectivity index (χ4n) is 4.24. The van der Waals surface area contributed by atoms with Gasteiger partial charge in [0.05, 0.1) is 22.6 Å². The number of ether oxygens (including phenoxy) is 1. The molecule has 1 aliphatic heterocycles. The number of benzene rings is 2. The molecule has 5 rings (SSSR count). The third-order valence-electron chi connectivity index (χ3n) is 6.36. The van der Waals surface area contributed by atoms with Crippen LogP contribution in [0.4, 0.5) is 0 Å². The Kier molecular flexibility index (Phi) is 6.88. The normalized spacial score (nSPS) is 14.7. The van der Waals surface area contributed by atoms with Gasteiger partial charge in [-0.25, -0.2) is 8.42 Å². The van der Waals surface area contributed by atoms with E-state index in [1.807, 2.05) is 38.1 Å². The molecule has 36 heavy (non-hydrogen) atoms. The number of hydrogen-bond donors (Lipinski definition) is 0. The van der Waals surface area contributed by atoms with E-state index in [2.05, 4.69) is 15.3 Å². The monoisotopic (exact) mass is 508 g/mol. The molecule has 1 aliphatic rings. The van der Waals surface area contributed by atoms with Crippen molar-refractivity contribution in [3.8, 4) is 17.1 Å². The zero-order valence-electron chi connectivity index (χ0n) is 20.3. The average Bonchev–Trinajstić information content (AvgIpc) is 3.50. The van der Waals surface area contributed by atoms with Crippen molar-refractivity contribution in [3.63, 3.8) is 0 Å². The lowest BCUT2D eigenvalue weighted by Gasteiger charge is -2.25. The zero-order valence-corrected chi connectivity index (χ0v) is 21.1. The van der Waals surface area contributed by atoms with Gasteiger partial charge in [-0.1, -0.05) is 41.0 Å². The van der Waals surface area contributed by atoms with Gasteiger partial charge < -0.3 is 13.8 Å². The summed E-state index contributed by atoms with van der Waals surface area (Å²) in [4.78, 5) is 4.83. The van der Waals surface area contributed by atoms with Crippen LogP contribution in [0.2, 0.25) is 0 Å². The highest BCUT2D eigenvalue weighted by Crippen LogP contribution is 2.25. The van der Waals surface area contributed by atoms with E-state index in [1.165, 1.54) is 0 Å². The Balaban J connectivity index is 1.24. The molecule has 0 N–H and O–H groups in total. The lowest BCUT2D eigenvalue weighted by Crippen LogP contribution is -2.35. The number of piperidine rings is 1. The number of nitrogens with zero attached hydrogens (tertiary/aromatic N) is 4. The second kappa shape index (κ2) is 10.2. The predicted molar refractivity (Wildman–Crippen MR) is 132 cm³/mol. The van der Waals surface area contributed by atoms with E-state index in [0.717, 1.165) is 47.4 Å². The first-order valence-corrected chi connectivity index (χ1v) is 13.4. The van der Waals surface area contributed by atoms with E-state index in [1.54, 1.807) is 28.6 Å². The smallest absolute Gasteiger partial charge is 0.243 e. The molecule has 10 heteroatoms. The third-order valence-corrected chi connectivity index (χ3v) is 8.27. The topological polar surface area (TPSA) is 112 Å². The van der Waals surface area contributed by atoms with Crippen LogP contribution < -0.4 is 4.74 Å². The van der Waals surface area contributed by atoms with E-state index in [4.69, 9.17) is 13.8 Å². The number of aryl methyl sites for hydroxylation is 2. The van der Waals surface area contributed by atoms with Gasteiger partial charge in [0.1, 0.15) is 18.1 Å². The molecule has 1 saturated heterocycles. The molecule has 2 aromatic carbocycles. The lowest BCUT2D eigenvalue weighted by molar-refractivity contribution is 0.302. The van der Waals surface area contributed by atoms with E-state index < -0.39 is 10.0 Å². The van der Waals surface area contributed by atoms with Crippen LogP contribution in [0.3, 0.4) is 0 Å². The highest BCUT2D eigenvalue weighted by atomic mass is 32.2. The number of aromatic nitrogens is 3. The van der Waals surface area contributed by atoms with Gasteiger partial charge in [0.15, 0.2) is 0 Å². The summed E-state index contributed by atoms with van der Waals surface area (Å²) in [5, 5.41) is 8.06. The number of sulfonamides is 1. The molecule has 9 nitrogen and oxygen atoms in total. The molecular formula is C26H28N4O5S. The number of hydrogen-bond acceptors (Lipinski definition) is 8. The highest BCUT2D eigenvalue weighted by molar-refractivity contribution is 7.89. The van der Waals surface area contributed by atoms with Gasteiger partial charge in [-0.15, -0.1) is 0 Å². The Morgan fingerprint density at radius 1 is 0.972 bits per heavy atom. The highest BCUT2D eigenvalue weighted by Gasteiger charge is 2.25. The van der Waals surface area contributed by atoms with Crippen LogP contribution in [0.1, 0.15) is 47.7 Å². The van der Waals surface area contributed by atoms with Crippen molar-refractivity contribution >= 4 is 10.0 Å². The second-order valence-corrected chi connectivity index (χ2v) is 10.9. The summed E-state index contributed by atoms with van der Waals surface area (Å²) in [6.45, 7) is 5.26. The van der Waals surface area contributed by atoms with E-state index in [-0.39, 0.29) is 0 Å². The Morgan fingerprint density at radius 2 is 1.75 bits per heavy atom. The average molecular weight is 509 g/mol. The number of rotatable bonds is 8. The molecule has 0 amide bonds. The summed E-state index contributed by atoms with van der Waals surface area (Å²) in [6.07, 6.45) is 3.30. The Morgan fingerprint density at radius 3 is 2.47 bits per heavy atom. The molecule has 0 aliphatic carbocycles. The molecule has 0 atom stereocenters. The summed E-state index contributed by atoms with van der Waals surface area (Å²) in [6, 6.07) is 14.4. The van der Waals surface area contributed by atoms with Crippen molar-refractivity contribution in [1.82, 2.24) is 19.6 Å². The van der Waals surface area contributed by atoms with Crippen molar-refractivity contribution in [2.45, 2.75) is 51.0 Å². The van der Waals surface area contributed by atoms with E-state index in [9.17, 15) is 8.42 Å². The van der Waals surface area contributed by atoms with Crippen LogP contribution in [0, 0.1) is 13.8 Å². The Labute approximate surface area is 210 Å². The van der Waals surface area contributed by atoms with Crippen LogP contribution >= 0.6 is 0 Å². The molecular weight excluding hydrogens is 480 g/mol. The maximum absolute atomic E-state index is 12.9. The minimum Gasteiger partial charge on any atom is -0.489 e. The summed E-state index contributed by atoms with van der Waals surface area (Å²) >= 11 is 0. The Bertz CT molecular complexity index is 1420. The lowest BCUT2D eigenvalue weighted by atomic mass is 10.1. The minimum atomic E-state index is -3.45. The fourth-order valence-corrected chi connectivity index (χ4v) is 5.76. The molecule has 188 valence electrons. The van der Waals surface area contributed by atoms with Crippen molar-refractivity contribution < 1.29 is 22.2 Å². The van der Waals surface area contributed by atoms with E-state index in [0.29, 0.717) is 48.5 Å². The Hall–Kier alpha value is -3.50. The first kappa shape index (κ1) is 24.2. The standard InChI is InChI=1S/C26H28N4O5S/c1-18-24(19(2)34-28-18)17-33-22-8-6-7-21(16-22)26-27-25(35-29-26)15-20-9-11-23(12-10-20)36(31,32)30-13-4-3-5-14-30/h6-12,16H,3-5,13-15,17H2,1-2H3. The van der Waals surface area contributed by atoms with Crippen LogP contribution in [0.5, 0.6) is 5.75 Å². The van der Waals surface area contributed by atoms with Crippen LogP contribution in [0.25, 0.3) is 11.4 Å². The first-order chi connectivity index (χ1) is 17.4. The second-order valence-electron chi connectivity index (χ2n) is 8.92. The van der Waals surface area contributed by atoms with Crippen molar-refractivity contribution in [2.24, 2.45) is 0 Å². The maximum atomic E-state index is 12.9. The minimum absolute atomic E-state index is 0.313.